The summed E-state index contributed by atoms with van der Waals surface area (Å²) in [7, 11) is 0. The van der Waals surface area contributed by atoms with Gasteiger partial charge in [0.15, 0.2) is 11.5 Å². The molecular weight excluding hydrogens is 425 g/mol. The number of aromatic nitrogens is 2. The number of ether oxygens (including phenoxy) is 2. The summed E-state index contributed by atoms with van der Waals surface area (Å²) in [4.78, 5) is 17.0. The minimum atomic E-state index is -0.668. The van der Waals surface area contributed by atoms with Crippen molar-refractivity contribution in [3.63, 3.8) is 0 Å². The molecule has 1 amide bonds. The van der Waals surface area contributed by atoms with Crippen molar-refractivity contribution in [3.05, 3.63) is 84.1 Å². The Morgan fingerprint density at radius 2 is 2.00 bits per heavy atom. The number of halogens is 1. The lowest BCUT2D eigenvalue weighted by Crippen LogP contribution is -2.13. The molecule has 0 aliphatic carbocycles. The molecule has 164 valence electrons. The molecule has 0 unspecified atom stereocenters. The molecule has 0 bridgehead atoms. The third kappa shape index (κ3) is 3.65. The molecule has 0 atom stereocenters. The van der Waals surface area contributed by atoms with E-state index in [1.165, 1.54) is 18.3 Å². The average Bonchev–Trinajstić information content (AvgIpc) is 3.46. The van der Waals surface area contributed by atoms with Gasteiger partial charge >= 0.3 is 0 Å². The van der Waals surface area contributed by atoms with E-state index in [4.69, 9.17) is 20.6 Å². The number of allylic oxidation sites excluding steroid dienone is 1. The molecule has 0 radical (unpaired) electrons. The maximum absolute atomic E-state index is 14.9. The van der Waals surface area contributed by atoms with Crippen molar-refractivity contribution in [2.75, 3.05) is 12.1 Å². The lowest BCUT2D eigenvalue weighted by Gasteiger charge is -2.09. The normalized spacial score (nSPS) is 12.7. The molecule has 2 aromatic carbocycles. The van der Waals surface area contributed by atoms with E-state index in [2.05, 4.69) is 10.3 Å². The third-order valence-corrected chi connectivity index (χ3v) is 5.31. The molecule has 1 aliphatic heterocycles. The standard InChI is InChI=1S/C24H18FN5O3/c25-19-7-14(20-11-28-23-6-2-15(12-30(20)23)16(9-26)10-27)1-4-18(19)24(31)29-17-3-5-21-22(8-17)33-13-32-21/h1-12,26H,13,27H2,(H,29,31). The molecular formula is C24H18FN5O3. The summed E-state index contributed by atoms with van der Waals surface area (Å²) in [6.45, 7) is 0.124. The van der Waals surface area contributed by atoms with E-state index in [9.17, 15) is 9.18 Å². The molecule has 0 saturated carbocycles. The lowest BCUT2D eigenvalue weighted by atomic mass is 10.1. The van der Waals surface area contributed by atoms with Crippen LogP contribution < -0.4 is 20.5 Å². The number of nitrogens with two attached hydrogens (primary N) is 1. The number of pyridine rings is 1. The van der Waals surface area contributed by atoms with Crippen LogP contribution in [0.5, 0.6) is 11.5 Å². The minimum Gasteiger partial charge on any atom is -0.454 e. The van der Waals surface area contributed by atoms with E-state index in [1.54, 1.807) is 53.2 Å². The van der Waals surface area contributed by atoms with Gasteiger partial charge in [-0.2, -0.15) is 0 Å². The van der Waals surface area contributed by atoms with Crippen molar-refractivity contribution in [2.45, 2.75) is 0 Å². The number of nitrogens with zero attached hydrogens (tertiary/aromatic N) is 2. The highest BCUT2D eigenvalue weighted by Gasteiger charge is 2.18. The van der Waals surface area contributed by atoms with Crippen molar-refractivity contribution in [3.8, 4) is 22.8 Å². The first-order valence-electron chi connectivity index (χ1n) is 9.98. The van der Waals surface area contributed by atoms with Crippen LogP contribution in [-0.4, -0.2) is 28.3 Å². The van der Waals surface area contributed by atoms with Crippen LogP contribution in [0.25, 0.3) is 22.5 Å². The first kappa shape index (κ1) is 20.3. The number of imidazole rings is 1. The highest BCUT2D eigenvalue weighted by molar-refractivity contribution is 6.08. The zero-order valence-corrected chi connectivity index (χ0v) is 17.2. The lowest BCUT2D eigenvalue weighted by molar-refractivity contribution is 0.102. The Bertz CT molecular complexity index is 1440. The summed E-state index contributed by atoms with van der Waals surface area (Å²) in [5.74, 6) is -0.137. The van der Waals surface area contributed by atoms with E-state index in [1.807, 2.05) is 0 Å². The molecule has 3 heterocycles. The summed E-state index contributed by atoms with van der Waals surface area (Å²) in [6, 6.07) is 12.9. The number of nitrogens with one attached hydrogen (secondary N) is 2. The second kappa shape index (κ2) is 8.12. The van der Waals surface area contributed by atoms with Crippen LogP contribution >= 0.6 is 0 Å². The van der Waals surface area contributed by atoms with E-state index in [-0.39, 0.29) is 12.4 Å². The Labute approximate surface area is 187 Å². The molecule has 4 aromatic rings. The number of carbonyl (C=O) groups is 1. The molecule has 33 heavy (non-hydrogen) atoms. The molecule has 4 N–H and O–H groups in total. The average molecular weight is 443 g/mol. The van der Waals surface area contributed by atoms with E-state index < -0.39 is 11.7 Å². The first-order valence-corrected chi connectivity index (χ1v) is 9.98. The highest BCUT2D eigenvalue weighted by Crippen LogP contribution is 2.34. The largest absolute Gasteiger partial charge is 0.454 e. The number of hydrogen-bond donors (Lipinski definition) is 3. The molecule has 8 nitrogen and oxygen atoms in total. The Morgan fingerprint density at radius 3 is 2.79 bits per heavy atom. The Kier molecular flexibility index (Phi) is 4.98. The van der Waals surface area contributed by atoms with Gasteiger partial charge in [0.1, 0.15) is 11.5 Å². The summed E-state index contributed by atoms with van der Waals surface area (Å²) in [6.07, 6.45) is 5.90. The van der Waals surface area contributed by atoms with Crippen molar-refractivity contribution >= 4 is 29.0 Å². The fourth-order valence-electron chi connectivity index (χ4n) is 3.62. The van der Waals surface area contributed by atoms with E-state index in [0.717, 1.165) is 11.8 Å². The van der Waals surface area contributed by atoms with Gasteiger partial charge < -0.3 is 25.9 Å². The molecule has 2 aromatic heterocycles. The number of fused-ring (bicyclic) bond motifs is 2. The summed E-state index contributed by atoms with van der Waals surface area (Å²) < 4.78 is 27.3. The Balaban J connectivity index is 1.44. The zero-order chi connectivity index (χ0) is 22.9. The van der Waals surface area contributed by atoms with Gasteiger partial charge in [-0.1, -0.05) is 6.07 Å². The van der Waals surface area contributed by atoms with Gasteiger partial charge in [0.25, 0.3) is 5.91 Å². The predicted octanol–water partition coefficient (Wildman–Crippen LogP) is 4.07. The molecule has 5 rings (SSSR count). The molecule has 9 heteroatoms. The Morgan fingerprint density at radius 1 is 1.15 bits per heavy atom. The van der Waals surface area contributed by atoms with Crippen molar-refractivity contribution in [1.29, 1.82) is 5.41 Å². The monoisotopic (exact) mass is 443 g/mol. The summed E-state index contributed by atoms with van der Waals surface area (Å²) >= 11 is 0. The van der Waals surface area contributed by atoms with E-state index >= 15 is 0 Å². The number of amides is 1. The Hall–Kier alpha value is -4.66. The fourth-order valence-corrected chi connectivity index (χ4v) is 3.62. The van der Waals surface area contributed by atoms with Gasteiger partial charge in [0, 0.05) is 47.1 Å². The number of rotatable bonds is 5. The number of anilines is 1. The van der Waals surface area contributed by atoms with Crippen LogP contribution in [0.2, 0.25) is 0 Å². The van der Waals surface area contributed by atoms with Gasteiger partial charge in [-0.25, -0.2) is 9.37 Å². The smallest absolute Gasteiger partial charge is 0.258 e. The topological polar surface area (TPSA) is 115 Å². The highest BCUT2D eigenvalue weighted by atomic mass is 19.1. The molecule has 0 spiro atoms. The fraction of sp³-hybridized carbons (Fsp3) is 0.0417. The van der Waals surface area contributed by atoms with Crippen LogP contribution in [0.4, 0.5) is 10.1 Å². The van der Waals surface area contributed by atoms with Crippen LogP contribution in [0.1, 0.15) is 15.9 Å². The van der Waals surface area contributed by atoms with Crippen LogP contribution in [0.15, 0.2) is 67.1 Å². The maximum Gasteiger partial charge on any atom is 0.258 e. The molecule has 0 saturated heterocycles. The predicted molar refractivity (Wildman–Crippen MR) is 122 cm³/mol. The number of hydrogen-bond acceptors (Lipinski definition) is 6. The van der Waals surface area contributed by atoms with Crippen molar-refractivity contribution < 1.29 is 18.7 Å². The van der Waals surface area contributed by atoms with Crippen LogP contribution in [-0.2, 0) is 0 Å². The summed E-state index contributed by atoms with van der Waals surface area (Å²) in [5, 5.41) is 10.2. The van der Waals surface area contributed by atoms with Gasteiger partial charge in [0.05, 0.1) is 17.5 Å². The second-order valence-corrected chi connectivity index (χ2v) is 7.27. The maximum atomic E-state index is 14.9. The molecule has 0 fully saturated rings. The first-order chi connectivity index (χ1) is 16.1. The van der Waals surface area contributed by atoms with Crippen molar-refractivity contribution in [1.82, 2.24) is 9.38 Å². The van der Waals surface area contributed by atoms with Crippen LogP contribution in [0, 0.1) is 11.2 Å². The third-order valence-electron chi connectivity index (χ3n) is 5.31. The number of carbonyl (C=O) groups excluding carboxylic acids is 1. The van der Waals surface area contributed by atoms with Gasteiger partial charge in [-0.05, 0) is 36.4 Å². The zero-order valence-electron chi connectivity index (χ0n) is 17.2. The van der Waals surface area contributed by atoms with Gasteiger partial charge in [0.2, 0.25) is 6.79 Å². The minimum absolute atomic E-state index is 0.0944. The summed E-state index contributed by atoms with van der Waals surface area (Å²) in [5.41, 5.74) is 9.06. The molecule has 1 aliphatic rings. The number of benzene rings is 2. The SMILES string of the molecule is N=CC(=CN)c1ccc2ncc(-c3ccc(C(=O)Nc4ccc5c(c4)OCO5)c(F)c3)n2c1. The van der Waals surface area contributed by atoms with Gasteiger partial charge in [-0.3, -0.25) is 9.20 Å². The van der Waals surface area contributed by atoms with E-state index in [0.29, 0.717) is 39.7 Å². The van der Waals surface area contributed by atoms with Crippen molar-refractivity contribution in [2.24, 2.45) is 5.73 Å². The van der Waals surface area contributed by atoms with Crippen LogP contribution in [0.3, 0.4) is 0 Å². The van der Waals surface area contributed by atoms with Gasteiger partial charge in [-0.15, -0.1) is 0 Å². The second-order valence-electron chi connectivity index (χ2n) is 7.27. The quantitative estimate of drug-likeness (QED) is 0.402.